The van der Waals surface area contributed by atoms with Crippen LogP contribution in [0.3, 0.4) is 0 Å². The van der Waals surface area contributed by atoms with Gasteiger partial charge in [-0.3, -0.25) is 10.1 Å². The average Bonchev–Trinajstić information content (AvgIpc) is 2.85. The molecule has 0 aliphatic heterocycles. The van der Waals surface area contributed by atoms with E-state index in [0.29, 0.717) is 16.7 Å². The lowest BCUT2D eigenvalue weighted by molar-refractivity contribution is 0.101. The van der Waals surface area contributed by atoms with Gasteiger partial charge in [0, 0.05) is 23.0 Å². The minimum absolute atomic E-state index is 0.176. The Bertz CT molecular complexity index is 568. The summed E-state index contributed by atoms with van der Waals surface area (Å²) < 4.78 is 9.13. The number of carbonyl (C=O) groups is 1. The van der Waals surface area contributed by atoms with Crippen LogP contribution in [-0.4, -0.2) is 20.4 Å². The summed E-state index contributed by atoms with van der Waals surface area (Å²) >= 11 is 1.13. The molecule has 6 nitrogen and oxygen atoms in total. The summed E-state index contributed by atoms with van der Waals surface area (Å²) in [6, 6.07) is 1.64. The van der Waals surface area contributed by atoms with Crippen LogP contribution in [0.4, 0.5) is 5.13 Å². The molecule has 0 radical (unpaired) electrons. The predicted octanol–water partition coefficient (Wildman–Crippen LogP) is 2.38. The van der Waals surface area contributed by atoms with Gasteiger partial charge in [-0.15, -0.1) is 0 Å². The number of nitrogens with one attached hydrogen (secondary N) is 1. The predicted molar refractivity (Wildman–Crippen MR) is 67.8 cm³/mol. The number of aryl methyl sites for hydroxylation is 1. The minimum atomic E-state index is -0.342. The zero-order valence-electron chi connectivity index (χ0n) is 10.6. The van der Waals surface area contributed by atoms with Gasteiger partial charge in [0.1, 0.15) is 11.6 Å². The molecular formula is C11H14N4O2S. The zero-order chi connectivity index (χ0) is 13.3. The fourth-order valence-corrected chi connectivity index (χ4v) is 1.82. The Hall–Kier alpha value is -1.76. The second kappa shape index (κ2) is 4.49. The largest absolute Gasteiger partial charge is 0.360 e. The minimum Gasteiger partial charge on any atom is -0.360 e. The van der Waals surface area contributed by atoms with Crippen molar-refractivity contribution < 1.29 is 9.32 Å². The molecule has 96 valence electrons. The first-order chi connectivity index (χ1) is 8.36. The van der Waals surface area contributed by atoms with Crippen LogP contribution in [0.5, 0.6) is 0 Å². The van der Waals surface area contributed by atoms with Crippen LogP contribution in [0.25, 0.3) is 0 Å². The Labute approximate surface area is 109 Å². The standard InChI is InChI=1S/C11H14N4O2S/c1-6-12-10(18-15-6)13-9(16)7-5-8(17-14-7)11(2,3)4/h5H,1-4H3,(H,12,13,15,16). The lowest BCUT2D eigenvalue weighted by Crippen LogP contribution is -2.12. The molecule has 0 fully saturated rings. The van der Waals surface area contributed by atoms with Gasteiger partial charge in [0.25, 0.3) is 5.91 Å². The van der Waals surface area contributed by atoms with Gasteiger partial charge < -0.3 is 4.52 Å². The number of carbonyl (C=O) groups excluding carboxylic acids is 1. The number of rotatable bonds is 2. The Balaban J connectivity index is 2.12. The summed E-state index contributed by atoms with van der Waals surface area (Å²) in [6.45, 7) is 7.73. The molecule has 0 atom stereocenters. The zero-order valence-corrected chi connectivity index (χ0v) is 11.5. The first kappa shape index (κ1) is 12.7. The molecule has 7 heteroatoms. The summed E-state index contributed by atoms with van der Waals surface area (Å²) in [5.74, 6) is 0.956. The van der Waals surface area contributed by atoms with E-state index in [9.17, 15) is 4.79 Å². The third kappa shape index (κ3) is 2.73. The van der Waals surface area contributed by atoms with E-state index in [2.05, 4.69) is 19.8 Å². The van der Waals surface area contributed by atoms with Gasteiger partial charge in [-0.2, -0.15) is 4.37 Å². The van der Waals surface area contributed by atoms with E-state index in [1.807, 2.05) is 20.8 Å². The maximum absolute atomic E-state index is 11.9. The van der Waals surface area contributed by atoms with Crippen molar-refractivity contribution in [2.24, 2.45) is 0 Å². The number of hydrogen-bond acceptors (Lipinski definition) is 6. The van der Waals surface area contributed by atoms with E-state index in [-0.39, 0.29) is 17.0 Å². The van der Waals surface area contributed by atoms with E-state index >= 15 is 0 Å². The summed E-state index contributed by atoms with van der Waals surface area (Å²) in [7, 11) is 0. The molecule has 0 saturated heterocycles. The molecule has 18 heavy (non-hydrogen) atoms. The monoisotopic (exact) mass is 266 g/mol. The van der Waals surface area contributed by atoms with Gasteiger partial charge in [-0.25, -0.2) is 4.98 Å². The van der Waals surface area contributed by atoms with E-state index in [0.717, 1.165) is 11.5 Å². The van der Waals surface area contributed by atoms with Crippen molar-refractivity contribution in [3.8, 4) is 0 Å². The second-order valence-corrected chi connectivity index (χ2v) is 5.68. The molecule has 0 saturated carbocycles. The summed E-state index contributed by atoms with van der Waals surface area (Å²) in [4.78, 5) is 15.9. The van der Waals surface area contributed by atoms with Crippen molar-refractivity contribution in [2.45, 2.75) is 33.1 Å². The van der Waals surface area contributed by atoms with E-state index < -0.39 is 0 Å². The van der Waals surface area contributed by atoms with E-state index in [1.165, 1.54) is 0 Å². The lowest BCUT2D eigenvalue weighted by atomic mass is 9.93. The lowest BCUT2D eigenvalue weighted by Gasteiger charge is -2.11. The van der Waals surface area contributed by atoms with Crippen LogP contribution >= 0.6 is 11.5 Å². The smallest absolute Gasteiger partial charge is 0.279 e. The number of nitrogens with zero attached hydrogens (tertiary/aromatic N) is 3. The Morgan fingerprint density at radius 3 is 2.67 bits per heavy atom. The second-order valence-electron chi connectivity index (χ2n) is 4.93. The number of aromatic nitrogens is 3. The highest BCUT2D eigenvalue weighted by molar-refractivity contribution is 7.09. The average molecular weight is 266 g/mol. The Morgan fingerprint density at radius 1 is 1.44 bits per heavy atom. The normalized spacial score (nSPS) is 11.6. The van der Waals surface area contributed by atoms with Crippen LogP contribution in [0.2, 0.25) is 0 Å². The van der Waals surface area contributed by atoms with Gasteiger partial charge in [0.2, 0.25) is 5.13 Å². The third-order valence-electron chi connectivity index (χ3n) is 2.23. The summed E-state index contributed by atoms with van der Waals surface area (Å²) in [5.41, 5.74) is 0.0676. The number of anilines is 1. The van der Waals surface area contributed by atoms with E-state index in [4.69, 9.17) is 4.52 Å². The van der Waals surface area contributed by atoms with Crippen molar-refractivity contribution in [1.29, 1.82) is 0 Å². The molecule has 0 bridgehead atoms. The molecule has 0 aliphatic carbocycles. The molecule has 1 N–H and O–H groups in total. The highest BCUT2D eigenvalue weighted by Crippen LogP contribution is 2.23. The topological polar surface area (TPSA) is 80.9 Å². The van der Waals surface area contributed by atoms with Crippen LogP contribution in [-0.2, 0) is 5.41 Å². The third-order valence-corrected chi connectivity index (χ3v) is 2.95. The number of hydrogen-bond donors (Lipinski definition) is 1. The molecule has 2 rings (SSSR count). The molecule has 2 aromatic heterocycles. The van der Waals surface area contributed by atoms with Gasteiger partial charge in [-0.1, -0.05) is 25.9 Å². The molecule has 2 aromatic rings. The quantitative estimate of drug-likeness (QED) is 0.902. The summed E-state index contributed by atoms with van der Waals surface area (Å²) in [5, 5.41) is 6.84. The van der Waals surface area contributed by atoms with Crippen LogP contribution in [0.15, 0.2) is 10.6 Å². The van der Waals surface area contributed by atoms with Crippen molar-refractivity contribution in [3.63, 3.8) is 0 Å². The maximum atomic E-state index is 11.9. The molecule has 0 aromatic carbocycles. The Kier molecular flexibility index (Phi) is 3.16. The fourth-order valence-electron chi connectivity index (χ4n) is 1.24. The van der Waals surface area contributed by atoms with Crippen molar-refractivity contribution in [2.75, 3.05) is 5.32 Å². The highest BCUT2D eigenvalue weighted by Gasteiger charge is 2.22. The van der Waals surface area contributed by atoms with Crippen LogP contribution < -0.4 is 5.32 Å². The van der Waals surface area contributed by atoms with Gasteiger partial charge in [0.05, 0.1) is 0 Å². The molecule has 0 spiro atoms. The summed E-state index contributed by atoms with van der Waals surface area (Å²) in [6.07, 6.45) is 0. The first-order valence-electron chi connectivity index (χ1n) is 5.45. The molecule has 0 unspecified atom stereocenters. The molecule has 2 heterocycles. The SMILES string of the molecule is Cc1nsc(NC(=O)c2cc(C(C)(C)C)on2)n1. The number of amides is 1. The van der Waals surface area contributed by atoms with Crippen LogP contribution in [0, 0.1) is 6.92 Å². The van der Waals surface area contributed by atoms with Crippen molar-refractivity contribution in [1.82, 2.24) is 14.5 Å². The van der Waals surface area contributed by atoms with Gasteiger partial charge >= 0.3 is 0 Å². The van der Waals surface area contributed by atoms with Crippen molar-refractivity contribution >= 4 is 22.6 Å². The van der Waals surface area contributed by atoms with Crippen molar-refractivity contribution in [3.05, 3.63) is 23.3 Å². The van der Waals surface area contributed by atoms with Crippen LogP contribution in [0.1, 0.15) is 42.8 Å². The van der Waals surface area contributed by atoms with Gasteiger partial charge in [0.15, 0.2) is 5.69 Å². The van der Waals surface area contributed by atoms with Gasteiger partial charge in [-0.05, 0) is 6.92 Å². The maximum Gasteiger partial charge on any atom is 0.279 e. The molecule has 0 aliphatic rings. The Morgan fingerprint density at radius 2 is 2.17 bits per heavy atom. The van der Waals surface area contributed by atoms with E-state index in [1.54, 1.807) is 13.0 Å². The highest BCUT2D eigenvalue weighted by atomic mass is 32.1. The molecule has 1 amide bonds. The molecular weight excluding hydrogens is 252 g/mol. The fraction of sp³-hybridized carbons (Fsp3) is 0.455. The first-order valence-corrected chi connectivity index (χ1v) is 6.22.